The Morgan fingerprint density at radius 3 is 3.17 bits per heavy atom. The molecule has 1 heterocycles. The van der Waals surface area contributed by atoms with Gasteiger partial charge in [0.15, 0.2) is 0 Å². The van der Waals surface area contributed by atoms with Gasteiger partial charge in [-0.25, -0.2) is 0 Å². The molecule has 3 atom stereocenters. The molecule has 1 aromatic carbocycles. The molecule has 2 fully saturated rings. The van der Waals surface area contributed by atoms with E-state index in [0.717, 1.165) is 12.8 Å². The quantitative estimate of drug-likeness (QED) is 0.616. The van der Waals surface area contributed by atoms with Crippen LogP contribution in [-0.4, -0.2) is 49.3 Å². The monoisotopic (exact) mass is 326 g/mol. The number of carbonyl (C=O) groups is 1. The zero-order valence-electron chi connectivity index (χ0n) is 13.7. The Morgan fingerprint density at radius 1 is 1.50 bits per heavy atom. The minimum atomic E-state index is -0.0157. The van der Waals surface area contributed by atoms with Crippen LogP contribution in [0.3, 0.4) is 0 Å². The van der Waals surface area contributed by atoms with Gasteiger partial charge in [0.1, 0.15) is 0 Å². The summed E-state index contributed by atoms with van der Waals surface area (Å²) in [6, 6.07) is 9.07. The standard InChI is InChI=1S/C19H22N2O3/c1-2-9-23-13-16-6-7-17-18(16)24-10-8-21(17)19(22)15-5-3-4-14(11-15)12-20/h2-5,11,16-18H,1,6-10,13H2. The Bertz CT molecular complexity index is 652. The lowest BCUT2D eigenvalue weighted by Gasteiger charge is -2.39. The number of nitriles is 1. The van der Waals surface area contributed by atoms with Gasteiger partial charge in [-0.15, -0.1) is 6.58 Å². The highest BCUT2D eigenvalue weighted by Crippen LogP contribution is 2.35. The molecule has 0 N–H and O–H groups in total. The van der Waals surface area contributed by atoms with Crippen LogP contribution in [-0.2, 0) is 9.47 Å². The molecule has 5 heteroatoms. The number of hydrogen-bond donors (Lipinski definition) is 0. The molecule has 0 bridgehead atoms. The molecular weight excluding hydrogens is 304 g/mol. The third-order valence-corrected chi connectivity index (χ3v) is 4.79. The van der Waals surface area contributed by atoms with Crippen LogP contribution in [0.25, 0.3) is 0 Å². The number of hydrogen-bond acceptors (Lipinski definition) is 4. The van der Waals surface area contributed by atoms with Gasteiger partial charge >= 0.3 is 0 Å². The molecule has 0 spiro atoms. The molecule has 1 amide bonds. The second-order valence-corrected chi connectivity index (χ2v) is 6.26. The van der Waals surface area contributed by atoms with E-state index in [1.807, 2.05) is 4.90 Å². The molecule has 1 saturated heterocycles. The molecule has 1 saturated carbocycles. The number of nitrogens with zero attached hydrogens (tertiary/aromatic N) is 2. The maximum atomic E-state index is 12.9. The zero-order valence-corrected chi connectivity index (χ0v) is 13.7. The summed E-state index contributed by atoms with van der Waals surface area (Å²) in [6.07, 6.45) is 3.70. The van der Waals surface area contributed by atoms with Crippen molar-refractivity contribution in [1.29, 1.82) is 5.26 Å². The van der Waals surface area contributed by atoms with E-state index in [-0.39, 0.29) is 18.1 Å². The maximum absolute atomic E-state index is 12.9. The number of fused-ring (bicyclic) bond motifs is 1. The lowest BCUT2D eigenvalue weighted by Crippen LogP contribution is -2.53. The largest absolute Gasteiger partial charge is 0.377 e. The maximum Gasteiger partial charge on any atom is 0.254 e. The number of rotatable bonds is 5. The Hall–Kier alpha value is -2.16. The summed E-state index contributed by atoms with van der Waals surface area (Å²) in [7, 11) is 0. The van der Waals surface area contributed by atoms with Crippen molar-refractivity contribution in [2.24, 2.45) is 5.92 Å². The van der Waals surface area contributed by atoms with Crippen LogP contribution in [0.15, 0.2) is 36.9 Å². The van der Waals surface area contributed by atoms with E-state index in [2.05, 4.69) is 12.6 Å². The van der Waals surface area contributed by atoms with Gasteiger partial charge in [0.25, 0.3) is 5.91 Å². The van der Waals surface area contributed by atoms with Crippen molar-refractivity contribution in [1.82, 2.24) is 4.90 Å². The van der Waals surface area contributed by atoms with Gasteiger partial charge in [-0.2, -0.15) is 5.26 Å². The van der Waals surface area contributed by atoms with Crippen LogP contribution in [0.1, 0.15) is 28.8 Å². The van der Waals surface area contributed by atoms with Crippen LogP contribution < -0.4 is 0 Å². The topological polar surface area (TPSA) is 62.6 Å². The summed E-state index contributed by atoms with van der Waals surface area (Å²) in [5, 5.41) is 9.03. The Kier molecular flexibility index (Phi) is 5.29. The summed E-state index contributed by atoms with van der Waals surface area (Å²) in [4.78, 5) is 14.8. The molecule has 1 aromatic rings. The Morgan fingerprint density at radius 2 is 2.38 bits per heavy atom. The summed E-state index contributed by atoms with van der Waals surface area (Å²) >= 11 is 0. The first-order valence-corrected chi connectivity index (χ1v) is 8.36. The average molecular weight is 326 g/mol. The smallest absolute Gasteiger partial charge is 0.254 e. The van der Waals surface area contributed by atoms with E-state index < -0.39 is 0 Å². The first kappa shape index (κ1) is 16.7. The Balaban J connectivity index is 1.71. The van der Waals surface area contributed by atoms with Crippen LogP contribution in [0.2, 0.25) is 0 Å². The first-order chi connectivity index (χ1) is 11.7. The molecule has 5 nitrogen and oxygen atoms in total. The van der Waals surface area contributed by atoms with Gasteiger partial charge in [-0.05, 0) is 31.0 Å². The molecule has 1 aliphatic heterocycles. The van der Waals surface area contributed by atoms with Gasteiger partial charge in [-0.1, -0.05) is 12.1 Å². The van der Waals surface area contributed by atoms with E-state index in [1.54, 1.807) is 30.3 Å². The first-order valence-electron chi connectivity index (χ1n) is 8.36. The summed E-state index contributed by atoms with van der Waals surface area (Å²) in [6.45, 7) is 5.97. The van der Waals surface area contributed by atoms with Crippen molar-refractivity contribution in [3.63, 3.8) is 0 Å². The molecule has 0 aromatic heterocycles. The van der Waals surface area contributed by atoms with E-state index in [0.29, 0.717) is 43.4 Å². The zero-order chi connectivity index (χ0) is 16.9. The fourth-order valence-corrected chi connectivity index (χ4v) is 3.68. The van der Waals surface area contributed by atoms with Crippen molar-refractivity contribution in [2.45, 2.75) is 25.0 Å². The van der Waals surface area contributed by atoms with Gasteiger partial charge in [-0.3, -0.25) is 4.79 Å². The minimum absolute atomic E-state index is 0.0157. The highest BCUT2D eigenvalue weighted by Gasteiger charge is 2.44. The molecule has 2 aliphatic rings. The SMILES string of the molecule is C=CCOCC1CCC2C1OCCN2C(=O)c1cccc(C#N)c1. The van der Waals surface area contributed by atoms with Crippen molar-refractivity contribution in [3.05, 3.63) is 48.0 Å². The van der Waals surface area contributed by atoms with Crippen molar-refractivity contribution < 1.29 is 14.3 Å². The summed E-state index contributed by atoms with van der Waals surface area (Å²) in [5.41, 5.74) is 1.08. The molecule has 3 rings (SSSR count). The number of morpholine rings is 1. The Labute approximate surface area is 142 Å². The number of benzene rings is 1. The fourth-order valence-electron chi connectivity index (χ4n) is 3.68. The van der Waals surface area contributed by atoms with Crippen LogP contribution >= 0.6 is 0 Å². The molecule has 1 aliphatic carbocycles. The summed E-state index contributed by atoms with van der Waals surface area (Å²) < 4.78 is 11.5. The van der Waals surface area contributed by atoms with E-state index in [1.165, 1.54) is 0 Å². The number of amides is 1. The summed E-state index contributed by atoms with van der Waals surface area (Å²) in [5.74, 6) is 0.300. The van der Waals surface area contributed by atoms with Gasteiger partial charge in [0.2, 0.25) is 0 Å². The van der Waals surface area contributed by atoms with Crippen molar-refractivity contribution in [2.75, 3.05) is 26.4 Å². The van der Waals surface area contributed by atoms with E-state index >= 15 is 0 Å². The number of carbonyl (C=O) groups excluding carboxylic acids is 1. The highest BCUT2D eigenvalue weighted by molar-refractivity contribution is 5.95. The van der Waals surface area contributed by atoms with Gasteiger partial charge in [0.05, 0.1) is 43.6 Å². The van der Waals surface area contributed by atoms with Crippen molar-refractivity contribution >= 4 is 5.91 Å². The molecule has 24 heavy (non-hydrogen) atoms. The second-order valence-electron chi connectivity index (χ2n) is 6.26. The molecule has 0 radical (unpaired) electrons. The molecule has 3 unspecified atom stereocenters. The predicted molar refractivity (Wildman–Crippen MR) is 89.5 cm³/mol. The molecular formula is C19H22N2O3. The third-order valence-electron chi connectivity index (χ3n) is 4.79. The molecule has 126 valence electrons. The van der Waals surface area contributed by atoms with E-state index in [9.17, 15) is 4.79 Å². The average Bonchev–Trinajstić information content (AvgIpc) is 3.04. The van der Waals surface area contributed by atoms with Gasteiger partial charge in [0, 0.05) is 18.0 Å². The van der Waals surface area contributed by atoms with Crippen LogP contribution in [0, 0.1) is 17.2 Å². The number of ether oxygens (including phenoxy) is 2. The van der Waals surface area contributed by atoms with Crippen molar-refractivity contribution in [3.8, 4) is 6.07 Å². The normalized spacial score (nSPS) is 25.8. The predicted octanol–water partition coefficient (Wildman–Crippen LogP) is 2.38. The fraction of sp³-hybridized carbons (Fsp3) is 0.474. The lowest BCUT2D eigenvalue weighted by atomic mass is 10.0. The minimum Gasteiger partial charge on any atom is -0.377 e. The second kappa shape index (κ2) is 7.61. The lowest BCUT2D eigenvalue weighted by molar-refractivity contribution is -0.0738. The van der Waals surface area contributed by atoms with E-state index in [4.69, 9.17) is 14.7 Å². The van der Waals surface area contributed by atoms with Crippen LogP contribution in [0.5, 0.6) is 0 Å². The highest BCUT2D eigenvalue weighted by atomic mass is 16.5. The van der Waals surface area contributed by atoms with Crippen LogP contribution in [0.4, 0.5) is 0 Å². The third kappa shape index (κ3) is 3.35. The van der Waals surface area contributed by atoms with Gasteiger partial charge < -0.3 is 14.4 Å².